The number of nitrogens with one attached hydrogen (secondary N) is 1. The minimum Gasteiger partial charge on any atom is -0.399 e. The van der Waals surface area contributed by atoms with Gasteiger partial charge in [-0.05, 0) is 51.1 Å². The third kappa shape index (κ3) is 4.24. The van der Waals surface area contributed by atoms with Gasteiger partial charge in [0, 0.05) is 17.4 Å². The fourth-order valence-electron chi connectivity index (χ4n) is 2.18. The normalized spacial score (nSPS) is 12.7. The number of nitrogen functional groups attached to an aromatic ring is 1. The van der Waals surface area contributed by atoms with Crippen molar-refractivity contribution >= 4 is 17.3 Å². The zero-order chi connectivity index (χ0) is 14.4. The Kier molecular flexibility index (Phi) is 5.83. The van der Waals surface area contributed by atoms with Gasteiger partial charge in [-0.25, -0.2) is 0 Å². The Morgan fingerprint density at radius 2 is 1.79 bits per heavy atom. The lowest BCUT2D eigenvalue weighted by Crippen LogP contribution is -2.44. The van der Waals surface area contributed by atoms with E-state index in [4.69, 9.17) is 5.73 Å². The molecule has 1 atom stereocenters. The monoisotopic (exact) mass is 263 g/mol. The van der Waals surface area contributed by atoms with Gasteiger partial charge in [-0.1, -0.05) is 13.8 Å². The fraction of sp³-hybridized carbons (Fsp3) is 0.533. The minimum atomic E-state index is -0.151. The Hall–Kier alpha value is -1.55. The van der Waals surface area contributed by atoms with Crippen molar-refractivity contribution in [3.8, 4) is 0 Å². The highest BCUT2D eigenvalue weighted by Gasteiger charge is 2.22. The summed E-state index contributed by atoms with van der Waals surface area (Å²) in [7, 11) is 2.00. The minimum absolute atomic E-state index is 0.0131. The highest BCUT2D eigenvalue weighted by Crippen LogP contribution is 2.14. The van der Waals surface area contributed by atoms with Crippen LogP contribution in [-0.2, 0) is 4.79 Å². The van der Waals surface area contributed by atoms with Crippen LogP contribution >= 0.6 is 0 Å². The Labute approximate surface area is 116 Å². The molecule has 0 bridgehead atoms. The van der Waals surface area contributed by atoms with Gasteiger partial charge in [-0.2, -0.15) is 0 Å². The molecule has 4 heteroatoms. The van der Waals surface area contributed by atoms with Crippen LogP contribution in [0.25, 0.3) is 0 Å². The zero-order valence-electron chi connectivity index (χ0n) is 12.3. The summed E-state index contributed by atoms with van der Waals surface area (Å²) < 4.78 is 0. The van der Waals surface area contributed by atoms with Gasteiger partial charge in [0.2, 0.25) is 5.91 Å². The number of carbonyl (C=O) groups excluding carboxylic acids is 1. The van der Waals surface area contributed by atoms with Crippen molar-refractivity contribution in [3.63, 3.8) is 0 Å². The van der Waals surface area contributed by atoms with E-state index in [1.807, 2.05) is 26.1 Å². The number of nitrogens with zero attached hydrogens (tertiary/aromatic N) is 1. The van der Waals surface area contributed by atoms with E-state index in [0.717, 1.165) is 18.5 Å². The second kappa shape index (κ2) is 7.14. The number of anilines is 2. The molecule has 1 amide bonds. The maximum Gasteiger partial charge on any atom is 0.241 e. The first kappa shape index (κ1) is 15.5. The molecule has 0 aliphatic carbocycles. The number of hydrogen-bond acceptors (Lipinski definition) is 3. The molecule has 0 saturated heterocycles. The van der Waals surface area contributed by atoms with Crippen molar-refractivity contribution in [3.05, 3.63) is 24.3 Å². The highest BCUT2D eigenvalue weighted by atomic mass is 16.2. The van der Waals surface area contributed by atoms with Crippen LogP contribution in [0.1, 0.15) is 33.6 Å². The molecule has 106 valence electrons. The SMILES string of the molecule is CCC(CC)N(C)C(C)C(=O)Nc1ccc(N)cc1. The van der Waals surface area contributed by atoms with Gasteiger partial charge < -0.3 is 11.1 Å². The van der Waals surface area contributed by atoms with Crippen LogP contribution in [0.3, 0.4) is 0 Å². The largest absolute Gasteiger partial charge is 0.399 e. The summed E-state index contributed by atoms with van der Waals surface area (Å²) in [6.45, 7) is 6.23. The Morgan fingerprint density at radius 3 is 2.26 bits per heavy atom. The van der Waals surface area contributed by atoms with E-state index >= 15 is 0 Å². The number of carbonyl (C=O) groups is 1. The Balaban J connectivity index is 2.64. The van der Waals surface area contributed by atoms with Crippen LogP contribution in [0, 0.1) is 0 Å². The van der Waals surface area contributed by atoms with Crippen LogP contribution in [0.5, 0.6) is 0 Å². The molecule has 0 radical (unpaired) electrons. The van der Waals surface area contributed by atoms with Crippen molar-refractivity contribution < 1.29 is 4.79 Å². The molecule has 1 aromatic carbocycles. The van der Waals surface area contributed by atoms with Gasteiger partial charge in [0.05, 0.1) is 6.04 Å². The van der Waals surface area contributed by atoms with Crippen LogP contribution in [0.15, 0.2) is 24.3 Å². The van der Waals surface area contributed by atoms with Gasteiger partial charge in [-0.15, -0.1) is 0 Å². The molecule has 1 aromatic rings. The third-order valence-corrected chi connectivity index (χ3v) is 3.69. The van der Waals surface area contributed by atoms with E-state index in [9.17, 15) is 4.79 Å². The summed E-state index contributed by atoms with van der Waals surface area (Å²) in [6.07, 6.45) is 2.10. The first-order valence-electron chi connectivity index (χ1n) is 6.87. The Bertz CT molecular complexity index is 398. The third-order valence-electron chi connectivity index (χ3n) is 3.69. The van der Waals surface area contributed by atoms with E-state index in [2.05, 4.69) is 24.1 Å². The average molecular weight is 263 g/mol. The molecule has 0 aliphatic rings. The summed E-state index contributed by atoms with van der Waals surface area (Å²) in [5.74, 6) is 0.0131. The maximum absolute atomic E-state index is 12.2. The van der Waals surface area contributed by atoms with Gasteiger partial charge in [0.25, 0.3) is 0 Å². The quantitative estimate of drug-likeness (QED) is 0.776. The molecule has 1 unspecified atom stereocenters. The van der Waals surface area contributed by atoms with Gasteiger partial charge >= 0.3 is 0 Å². The molecule has 3 N–H and O–H groups in total. The smallest absolute Gasteiger partial charge is 0.241 e. The van der Waals surface area contributed by atoms with E-state index in [1.54, 1.807) is 12.1 Å². The number of likely N-dealkylation sites (N-methyl/N-ethyl adjacent to an activating group) is 1. The fourth-order valence-corrected chi connectivity index (χ4v) is 2.18. The summed E-state index contributed by atoms with van der Waals surface area (Å²) in [4.78, 5) is 14.3. The molecule has 1 rings (SSSR count). The van der Waals surface area contributed by atoms with Crippen molar-refractivity contribution in [1.29, 1.82) is 0 Å². The van der Waals surface area contributed by atoms with Gasteiger partial charge in [-0.3, -0.25) is 9.69 Å². The summed E-state index contributed by atoms with van der Waals surface area (Å²) in [5, 5.41) is 2.92. The molecular weight excluding hydrogens is 238 g/mol. The van der Waals surface area contributed by atoms with Crippen molar-refractivity contribution in [2.24, 2.45) is 0 Å². The van der Waals surface area contributed by atoms with Crippen molar-refractivity contribution in [1.82, 2.24) is 4.90 Å². The lowest BCUT2D eigenvalue weighted by atomic mass is 10.1. The van der Waals surface area contributed by atoms with E-state index < -0.39 is 0 Å². The van der Waals surface area contributed by atoms with Crippen LogP contribution in [0.2, 0.25) is 0 Å². The zero-order valence-corrected chi connectivity index (χ0v) is 12.3. The molecular formula is C15H25N3O. The van der Waals surface area contributed by atoms with Gasteiger partial charge in [0.15, 0.2) is 0 Å². The lowest BCUT2D eigenvalue weighted by Gasteiger charge is -2.31. The maximum atomic E-state index is 12.2. The first-order valence-corrected chi connectivity index (χ1v) is 6.87. The molecule has 4 nitrogen and oxygen atoms in total. The van der Waals surface area contributed by atoms with Crippen LogP contribution < -0.4 is 11.1 Å². The molecule has 0 aliphatic heterocycles. The van der Waals surface area contributed by atoms with Crippen molar-refractivity contribution in [2.75, 3.05) is 18.1 Å². The average Bonchev–Trinajstić information content (AvgIpc) is 2.41. The van der Waals surface area contributed by atoms with Crippen LogP contribution in [0.4, 0.5) is 11.4 Å². The molecule has 19 heavy (non-hydrogen) atoms. The second-order valence-electron chi connectivity index (χ2n) is 4.92. The standard InChI is InChI=1S/C15H25N3O/c1-5-14(6-2)18(4)11(3)15(19)17-13-9-7-12(16)8-10-13/h7-11,14H,5-6,16H2,1-4H3,(H,17,19). The molecule has 0 heterocycles. The number of benzene rings is 1. The predicted octanol–water partition coefficient (Wildman–Crippen LogP) is 2.72. The second-order valence-corrected chi connectivity index (χ2v) is 4.92. The number of amides is 1. The summed E-state index contributed by atoms with van der Waals surface area (Å²) in [6, 6.07) is 7.49. The van der Waals surface area contributed by atoms with E-state index in [1.165, 1.54) is 0 Å². The summed E-state index contributed by atoms with van der Waals surface area (Å²) in [5.41, 5.74) is 7.10. The highest BCUT2D eigenvalue weighted by molar-refractivity contribution is 5.94. The van der Waals surface area contributed by atoms with Crippen molar-refractivity contribution in [2.45, 2.75) is 45.7 Å². The predicted molar refractivity (Wildman–Crippen MR) is 81.1 cm³/mol. The van der Waals surface area contributed by atoms with E-state index in [0.29, 0.717) is 11.7 Å². The number of rotatable bonds is 6. The van der Waals surface area contributed by atoms with E-state index in [-0.39, 0.29) is 11.9 Å². The first-order chi connectivity index (χ1) is 8.99. The number of hydrogen-bond donors (Lipinski definition) is 2. The van der Waals surface area contributed by atoms with Crippen LogP contribution in [-0.4, -0.2) is 29.9 Å². The van der Waals surface area contributed by atoms with Gasteiger partial charge in [0.1, 0.15) is 0 Å². The molecule has 0 aromatic heterocycles. The lowest BCUT2D eigenvalue weighted by molar-refractivity contribution is -0.121. The molecule has 0 spiro atoms. The molecule has 0 saturated carbocycles. The molecule has 0 fully saturated rings. The topological polar surface area (TPSA) is 58.4 Å². The Morgan fingerprint density at radius 1 is 1.26 bits per heavy atom. The summed E-state index contributed by atoms with van der Waals surface area (Å²) >= 11 is 0. The number of nitrogens with two attached hydrogens (primary N) is 1.